The maximum absolute atomic E-state index is 12.4. The molecule has 1 aliphatic rings. The topological polar surface area (TPSA) is 111 Å². The molecular formula is C23H28N6O4. The molecule has 10 nitrogen and oxygen atoms in total. The summed E-state index contributed by atoms with van der Waals surface area (Å²) < 4.78 is 12.6. The fourth-order valence-electron chi connectivity index (χ4n) is 3.53. The first-order chi connectivity index (χ1) is 15.9. The van der Waals surface area contributed by atoms with Crippen LogP contribution in [0.2, 0.25) is 0 Å². The van der Waals surface area contributed by atoms with Gasteiger partial charge in [0.25, 0.3) is 0 Å². The number of nitrogens with zero attached hydrogens (tertiary/aromatic N) is 4. The van der Waals surface area contributed by atoms with Crippen molar-refractivity contribution in [3.05, 3.63) is 36.2 Å². The summed E-state index contributed by atoms with van der Waals surface area (Å²) in [6.45, 7) is 1.51. The van der Waals surface area contributed by atoms with Crippen molar-refractivity contribution in [2.75, 3.05) is 45.5 Å². The normalized spacial score (nSPS) is 13.2. The second kappa shape index (κ2) is 9.45. The average molecular weight is 453 g/mol. The molecule has 0 atom stereocenters. The molecule has 33 heavy (non-hydrogen) atoms. The molecule has 0 saturated heterocycles. The molecule has 0 aliphatic heterocycles. The van der Waals surface area contributed by atoms with E-state index in [9.17, 15) is 9.59 Å². The summed E-state index contributed by atoms with van der Waals surface area (Å²) in [6.07, 6.45) is 4.96. The van der Waals surface area contributed by atoms with Gasteiger partial charge in [-0.15, -0.1) is 0 Å². The SMILES string of the molecule is COC(=O)c1cnc(NC(=O)C2CC2)cc1Nc1ccc2cnn(CCN(C)C)c2c1OC. The number of anilines is 3. The first kappa shape index (κ1) is 22.5. The second-order valence-electron chi connectivity index (χ2n) is 8.25. The van der Waals surface area contributed by atoms with Gasteiger partial charge in [0.2, 0.25) is 5.91 Å². The van der Waals surface area contributed by atoms with Crippen LogP contribution >= 0.6 is 0 Å². The van der Waals surface area contributed by atoms with Crippen molar-refractivity contribution in [3.8, 4) is 5.75 Å². The number of fused-ring (bicyclic) bond motifs is 1. The summed E-state index contributed by atoms with van der Waals surface area (Å²) in [5, 5.41) is 11.5. The molecule has 0 radical (unpaired) electrons. The van der Waals surface area contributed by atoms with Gasteiger partial charge in [-0.3, -0.25) is 9.48 Å². The lowest BCUT2D eigenvalue weighted by atomic mass is 10.1. The Morgan fingerprint density at radius 1 is 1.18 bits per heavy atom. The van der Waals surface area contributed by atoms with E-state index in [1.54, 1.807) is 19.4 Å². The molecule has 1 saturated carbocycles. The predicted octanol–water partition coefficient (Wildman–Crippen LogP) is 2.88. The molecule has 2 heterocycles. The van der Waals surface area contributed by atoms with Crippen LogP contribution in [0.1, 0.15) is 23.2 Å². The quantitative estimate of drug-likeness (QED) is 0.477. The minimum atomic E-state index is -0.541. The number of carbonyl (C=O) groups excluding carboxylic acids is 2. The second-order valence-corrected chi connectivity index (χ2v) is 8.25. The van der Waals surface area contributed by atoms with Crippen LogP contribution in [0.4, 0.5) is 17.2 Å². The van der Waals surface area contributed by atoms with Gasteiger partial charge in [-0.1, -0.05) is 0 Å². The average Bonchev–Trinajstić information content (AvgIpc) is 3.58. The van der Waals surface area contributed by atoms with E-state index in [0.29, 0.717) is 29.5 Å². The summed E-state index contributed by atoms with van der Waals surface area (Å²) in [6, 6.07) is 5.43. The van der Waals surface area contributed by atoms with Gasteiger partial charge >= 0.3 is 5.97 Å². The van der Waals surface area contributed by atoms with Crippen molar-refractivity contribution in [2.24, 2.45) is 5.92 Å². The van der Waals surface area contributed by atoms with E-state index in [-0.39, 0.29) is 17.4 Å². The molecule has 174 valence electrons. The smallest absolute Gasteiger partial charge is 0.341 e. The lowest BCUT2D eigenvalue weighted by Crippen LogP contribution is -2.19. The molecule has 0 spiro atoms. The molecular weight excluding hydrogens is 424 g/mol. The Kier molecular flexibility index (Phi) is 6.45. The van der Waals surface area contributed by atoms with Crippen LogP contribution in [0.3, 0.4) is 0 Å². The number of esters is 1. The summed E-state index contributed by atoms with van der Waals surface area (Å²) >= 11 is 0. The lowest BCUT2D eigenvalue weighted by molar-refractivity contribution is -0.117. The van der Waals surface area contributed by atoms with E-state index < -0.39 is 5.97 Å². The Labute approximate surface area is 191 Å². The number of hydrogen-bond acceptors (Lipinski definition) is 8. The highest BCUT2D eigenvalue weighted by atomic mass is 16.5. The molecule has 2 N–H and O–H groups in total. The van der Waals surface area contributed by atoms with E-state index in [2.05, 4.69) is 25.6 Å². The highest BCUT2D eigenvalue weighted by Crippen LogP contribution is 2.37. The summed E-state index contributed by atoms with van der Waals surface area (Å²) in [5.74, 6) is 0.385. The fourth-order valence-corrected chi connectivity index (χ4v) is 3.53. The van der Waals surface area contributed by atoms with Crippen molar-refractivity contribution in [1.82, 2.24) is 19.7 Å². The van der Waals surface area contributed by atoms with Crippen LogP contribution in [0.5, 0.6) is 5.75 Å². The fraction of sp³-hybridized carbons (Fsp3) is 0.391. The Morgan fingerprint density at radius 2 is 1.97 bits per heavy atom. The third-order valence-corrected chi connectivity index (χ3v) is 5.50. The molecule has 2 aromatic heterocycles. The Morgan fingerprint density at radius 3 is 2.64 bits per heavy atom. The number of hydrogen-bond donors (Lipinski definition) is 2. The number of aromatic nitrogens is 3. The van der Waals surface area contributed by atoms with Crippen LogP contribution in [0.15, 0.2) is 30.6 Å². The van der Waals surface area contributed by atoms with Crippen molar-refractivity contribution < 1.29 is 19.1 Å². The summed E-state index contributed by atoms with van der Waals surface area (Å²) in [5.41, 5.74) is 2.18. The van der Waals surface area contributed by atoms with E-state index >= 15 is 0 Å². The standard InChI is InChI=1S/C23H28N6O4/c1-28(2)9-10-29-20-15(12-25-29)7-8-17(21(20)32-3)26-18-11-19(27-22(30)14-5-6-14)24-13-16(18)23(31)33-4/h7-8,11-14H,5-6,9-10H2,1-4H3,(H2,24,26,27,30). The molecule has 0 bridgehead atoms. The number of methoxy groups -OCH3 is 2. The van der Waals surface area contributed by atoms with Crippen molar-refractivity contribution in [1.29, 1.82) is 0 Å². The van der Waals surface area contributed by atoms with Crippen LogP contribution < -0.4 is 15.4 Å². The van der Waals surface area contributed by atoms with Crippen LogP contribution in [0, 0.1) is 5.92 Å². The number of ether oxygens (including phenoxy) is 2. The van der Waals surface area contributed by atoms with Gasteiger partial charge < -0.3 is 25.0 Å². The summed E-state index contributed by atoms with van der Waals surface area (Å²) in [4.78, 5) is 30.9. The maximum atomic E-state index is 12.4. The van der Waals surface area contributed by atoms with Gasteiger partial charge in [0.05, 0.1) is 38.3 Å². The first-order valence-electron chi connectivity index (χ1n) is 10.7. The zero-order chi connectivity index (χ0) is 23.5. The molecule has 3 aromatic rings. The van der Waals surface area contributed by atoms with Gasteiger partial charge in [-0.05, 0) is 39.1 Å². The van der Waals surface area contributed by atoms with Crippen molar-refractivity contribution >= 4 is 40.0 Å². The number of rotatable bonds is 9. The Balaban J connectivity index is 1.71. The molecule has 1 aromatic carbocycles. The predicted molar refractivity (Wildman–Crippen MR) is 125 cm³/mol. The van der Waals surface area contributed by atoms with Crippen LogP contribution in [-0.2, 0) is 16.1 Å². The number of amides is 1. The van der Waals surface area contributed by atoms with Crippen LogP contribution in [0.25, 0.3) is 10.9 Å². The number of nitrogens with one attached hydrogen (secondary N) is 2. The third kappa shape index (κ3) is 4.90. The van der Waals surface area contributed by atoms with Gasteiger partial charge in [0.15, 0.2) is 5.75 Å². The van der Waals surface area contributed by atoms with Crippen molar-refractivity contribution in [3.63, 3.8) is 0 Å². The Hall–Kier alpha value is -3.66. The minimum Gasteiger partial charge on any atom is -0.492 e. The number of benzene rings is 1. The highest BCUT2D eigenvalue weighted by molar-refractivity contribution is 6.00. The van der Waals surface area contributed by atoms with Gasteiger partial charge in [0, 0.05) is 30.1 Å². The van der Waals surface area contributed by atoms with E-state index in [4.69, 9.17) is 9.47 Å². The molecule has 10 heteroatoms. The van der Waals surface area contributed by atoms with E-state index in [1.165, 1.54) is 13.3 Å². The Bertz CT molecular complexity index is 1190. The molecule has 4 rings (SSSR count). The molecule has 1 aliphatic carbocycles. The van der Waals surface area contributed by atoms with Gasteiger partial charge in [-0.2, -0.15) is 5.10 Å². The molecule has 0 unspecified atom stereocenters. The number of likely N-dealkylation sites (N-methyl/N-ethyl adjacent to an activating group) is 1. The van der Waals surface area contributed by atoms with Gasteiger partial charge in [0.1, 0.15) is 16.9 Å². The van der Waals surface area contributed by atoms with Crippen LogP contribution in [-0.4, -0.2) is 66.4 Å². The number of carbonyl (C=O) groups is 2. The summed E-state index contributed by atoms with van der Waals surface area (Å²) in [7, 11) is 6.92. The van der Waals surface area contributed by atoms with E-state index in [0.717, 1.165) is 30.3 Å². The zero-order valence-corrected chi connectivity index (χ0v) is 19.2. The number of pyridine rings is 1. The minimum absolute atomic E-state index is 0.0356. The zero-order valence-electron chi connectivity index (χ0n) is 19.2. The lowest BCUT2D eigenvalue weighted by Gasteiger charge is -2.17. The third-order valence-electron chi connectivity index (χ3n) is 5.50. The highest BCUT2D eigenvalue weighted by Gasteiger charge is 2.30. The molecule has 1 amide bonds. The van der Waals surface area contributed by atoms with E-state index in [1.807, 2.05) is 30.9 Å². The largest absolute Gasteiger partial charge is 0.492 e. The molecule has 1 fully saturated rings. The van der Waals surface area contributed by atoms with Crippen molar-refractivity contribution in [2.45, 2.75) is 19.4 Å². The maximum Gasteiger partial charge on any atom is 0.341 e. The monoisotopic (exact) mass is 452 g/mol. The van der Waals surface area contributed by atoms with Gasteiger partial charge in [-0.25, -0.2) is 9.78 Å². The first-order valence-corrected chi connectivity index (χ1v) is 10.7.